The molecule has 0 radical (unpaired) electrons. The third-order valence-corrected chi connectivity index (χ3v) is 3.58. The minimum atomic E-state index is -0.898. The molecule has 4 heteroatoms. The van der Waals surface area contributed by atoms with Crippen LogP contribution in [0.15, 0.2) is 29.2 Å². The number of methoxy groups -OCH3 is 1. The van der Waals surface area contributed by atoms with E-state index in [1.54, 1.807) is 7.11 Å². The molecule has 0 fully saturated rings. The van der Waals surface area contributed by atoms with Gasteiger partial charge in [-0.15, -0.1) is 0 Å². The number of benzene rings is 1. The van der Waals surface area contributed by atoms with Gasteiger partial charge in [0.05, 0.1) is 17.9 Å². The summed E-state index contributed by atoms with van der Waals surface area (Å²) in [6.07, 6.45) is 0.877. The van der Waals surface area contributed by atoms with Crippen LogP contribution in [-0.4, -0.2) is 22.8 Å². The number of ether oxygens (including phenoxy) is 1. The highest BCUT2D eigenvalue weighted by Gasteiger charge is 2.02. The molecular weight excluding hydrogens is 240 g/mol. The van der Waals surface area contributed by atoms with Crippen LogP contribution < -0.4 is 4.74 Å². The van der Waals surface area contributed by atoms with Gasteiger partial charge in [0.1, 0.15) is 5.75 Å². The molecule has 0 heterocycles. The summed E-state index contributed by atoms with van der Waals surface area (Å²) in [4.78, 5) is 0.854. The van der Waals surface area contributed by atoms with Crippen LogP contribution in [0.2, 0.25) is 0 Å². The van der Waals surface area contributed by atoms with Gasteiger partial charge in [-0.2, -0.15) is 12.6 Å². The summed E-state index contributed by atoms with van der Waals surface area (Å²) in [6.45, 7) is 4.00. The molecule has 1 atom stereocenters. The third kappa shape index (κ3) is 5.56. The molecule has 0 aliphatic heterocycles. The Morgan fingerprint density at radius 2 is 1.81 bits per heavy atom. The monoisotopic (exact) mass is 260 g/mol. The van der Waals surface area contributed by atoms with Crippen LogP contribution in [0.4, 0.5) is 0 Å². The van der Waals surface area contributed by atoms with Crippen molar-refractivity contribution in [2.45, 2.75) is 25.2 Å². The number of rotatable bonds is 5. The molecule has 0 saturated heterocycles. The lowest BCUT2D eigenvalue weighted by Gasteiger charge is -2.02. The van der Waals surface area contributed by atoms with Crippen molar-refractivity contribution in [2.75, 3.05) is 18.6 Å². The molecule has 0 saturated carbocycles. The highest BCUT2D eigenvalue weighted by Crippen LogP contribution is 2.14. The maximum absolute atomic E-state index is 11.6. The first-order chi connectivity index (χ1) is 7.77. The van der Waals surface area contributed by atoms with E-state index in [1.807, 2.05) is 38.1 Å². The average molecular weight is 260 g/mol. The van der Waals surface area contributed by atoms with Gasteiger partial charge >= 0.3 is 0 Å². The molecule has 1 unspecified atom stereocenters. The fourth-order valence-corrected chi connectivity index (χ4v) is 2.49. The largest absolute Gasteiger partial charge is 0.497 e. The molecule has 92 valence electrons. The summed E-state index contributed by atoms with van der Waals surface area (Å²) in [7, 11) is 0.720. The lowest BCUT2D eigenvalue weighted by atomic mass is 10.3. The van der Waals surface area contributed by atoms with Crippen LogP contribution in [0.1, 0.15) is 20.3 Å². The Morgan fingerprint density at radius 3 is 2.25 bits per heavy atom. The smallest absolute Gasteiger partial charge is 0.118 e. The average Bonchev–Trinajstić information content (AvgIpc) is 2.38. The predicted molar refractivity (Wildman–Crippen MR) is 74.1 cm³/mol. The van der Waals surface area contributed by atoms with Crippen LogP contribution >= 0.6 is 12.6 Å². The molecule has 0 aliphatic carbocycles. The lowest BCUT2D eigenvalue weighted by molar-refractivity contribution is 0.414. The second kappa shape index (κ2) is 9.73. The van der Waals surface area contributed by atoms with Gasteiger partial charge in [0.25, 0.3) is 0 Å². The Kier molecular flexibility index (Phi) is 9.43. The van der Waals surface area contributed by atoms with Gasteiger partial charge in [-0.25, -0.2) is 0 Å². The molecular formula is C12H20O2S2. The molecule has 1 aromatic rings. The second-order valence-corrected chi connectivity index (χ2v) is 4.82. The van der Waals surface area contributed by atoms with Gasteiger partial charge in [-0.3, -0.25) is 4.21 Å². The fraction of sp³-hybridized carbons (Fsp3) is 0.500. The van der Waals surface area contributed by atoms with E-state index in [-0.39, 0.29) is 0 Å². The Bertz CT molecular complexity index is 296. The van der Waals surface area contributed by atoms with Crippen LogP contribution in [0.25, 0.3) is 0 Å². The zero-order valence-corrected chi connectivity index (χ0v) is 11.8. The quantitative estimate of drug-likeness (QED) is 0.823. The first kappa shape index (κ1) is 15.5. The zero-order valence-electron chi connectivity index (χ0n) is 10.1. The van der Waals surface area contributed by atoms with Gasteiger partial charge in [0.2, 0.25) is 0 Å². The number of hydrogen-bond donors (Lipinski definition) is 1. The SMILES string of the molecule is CC.COc1ccc(S(=O)CCCS)cc1. The van der Waals surface area contributed by atoms with E-state index in [9.17, 15) is 4.21 Å². The van der Waals surface area contributed by atoms with E-state index >= 15 is 0 Å². The molecule has 0 amide bonds. The van der Waals surface area contributed by atoms with Crippen molar-refractivity contribution in [1.29, 1.82) is 0 Å². The summed E-state index contributed by atoms with van der Waals surface area (Å²) in [5.74, 6) is 2.25. The van der Waals surface area contributed by atoms with Crippen molar-refractivity contribution in [3.8, 4) is 5.75 Å². The number of thiol groups is 1. The summed E-state index contributed by atoms with van der Waals surface area (Å²) in [6, 6.07) is 7.34. The van der Waals surface area contributed by atoms with E-state index in [1.165, 1.54) is 0 Å². The molecule has 1 rings (SSSR count). The molecule has 16 heavy (non-hydrogen) atoms. The Morgan fingerprint density at radius 1 is 1.25 bits per heavy atom. The fourth-order valence-electron chi connectivity index (χ4n) is 1.04. The van der Waals surface area contributed by atoms with Crippen LogP contribution in [0.3, 0.4) is 0 Å². The van der Waals surface area contributed by atoms with Gasteiger partial charge < -0.3 is 4.74 Å². The Hall–Kier alpha value is -0.480. The summed E-state index contributed by atoms with van der Waals surface area (Å²) < 4.78 is 16.7. The molecule has 0 aliphatic rings. The van der Waals surface area contributed by atoms with Gasteiger partial charge in [-0.1, -0.05) is 13.8 Å². The van der Waals surface area contributed by atoms with Crippen molar-refractivity contribution >= 4 is 23.4 Å². The maximum atomic E-state index is 11.6. The predicted octanol–water partition coefficient (Wildman–Crippen LogP) is 3.15. The highest BCUT2D eigenvalue weighted by atomic mass is 32.2. The van der Waals surface area contributed by atoms with E-state index in [0.29, 0.717) is 5.75 Å². The summed E-state index contributed by atoms with van der Waals surface area (Å²) in [5, 5.41) is 0. The van der Waals surface area contributed by atoms with E-state index in [4.69, 9.17) is 4.74 Å². The molecule has 0 bridgehead atoms. The molecule has 0 spiro atoms. The molecule has 0 N–H and O–H groups in total. The lowest BCUT2D eigenvalue weighted by Crippen LogP contribution is -1.98. The first-order valence-corrected chi connectivity index (χ1v) is 7.36. The summed E-state index contributed by atoms with van der Waals surface area (Å²) in [5.41, 5.74) is 0. The molecule has 1 aromatic carbocycles. The van der Waals surface area contributed by atoms with Crippen molar-refractivity contribution in [1.82, 2.24) is 0 Å². The summed E-state index contributed by atoms with van der Waals surface area (Å²) >= 11 is 4.08. The number of hydrogen-bond acceptors (Lipinski definition) is 3. The Labute approximate surface area is 106 Å². The molecule has 0 aromatic heterocycles. The molecule has 2 nitrogen and oxygen atoms in total. The minimum Gasteiger partial charge on any atom is -0.497 e. The zero-order chi connectivity index (χ0) is 12.4. The van der Waals surface area contributed by atoms with Gasteiger partial charge in [-0.05, 0) is 36.4 Å². The highest BCUT2D eigenvalue weighted by molar-refractivity contribution is 7.85. The van der Waals surface area contributed by atoms with E-state index in [2.05, 4.69) is 12.6 Å². The van der Waals surface area contributed by atoms with Crippen LogP contribution in [0, 0.1) is 0 Å². The normalized spacial score (nSPS) is 11.2. The minimum absolute atomic E-state index is 0.676. The van der Waals surface area contributed by atoms with Crippen molar-refractivity contribution in [3.05, 3.63) is 24.3 Å². The van der Waals surface area contributed by atoms with Crippen molar-refractivity contribution in [3.63, 3.8) is 0 Å². The van der Waals surface area contributed by atoms with Crippen molar-refractivity contribution in [2.24, 2.45) is 0 Å². The van der Waals surface area contributed by atoms with Crippen LogP contribution in [-0.2, 0) is 10.8 Å². The van der Waals surface area contributed by atoms with E-state index < -0.39 is 10.8 Å². The van der Waals surface area contributed by atoms with E-state index in [0.717, 1.165) is 22.8 Å². The first-order valence-electron chi connectivity index (χ1n) is 5.41. The van der Waals surface area contributed by atoms with Crippen LogP contribution in [0.5, 0.6) is 5.75 Å². The van der Waals surface area contributed by atoms with Crippen molar-refractivity contribution < 1.29 is 8.95 Å². The third-order valence-electron chi connectivity index (χ3n) is 1.81. The van der Waals surface area contributed by atoms with Gasteiger partial charge in [0.15, 0.2) is 0 Å². The topological polar surface area (TPSA) is 26.3 Å². The second-order valence-electron chi connectivity index (χ2n) is 2.80. The van der Waals surface area contributed by atoms with Gasteiger partial charge in [0, 0.05) is 10.6 Å². The Balaban J connectivity index is 0.00000106. The standard InChI is InChI=1S/C10H14O2S2.C2H6/c1-12-9-3-5-10(6-4-9)14(11)8-2-7-13;1-2/h3-6,13H,2,7-8H2,1H3;1-2H3. The maximum Gasteiger partial charge on any atom is 0.118 e.